The quantitative estimate of drug-likeness (QED) is 0.610. The molecular weight excluding hydrogens is 169 g/mol. The van der Waals surface area contributed by atoms with Crippen molar-refractivity contribution in [3.05, 3.63) is 12.2 Å². The zero-order valence-corrected chi connectivity index (χ0v) is 7.40. The number of rotatable bonds is 3. The summed E-state index contributed by atoms with van der Waals surface area (Å²) in [5, 5.41) is 0. The van der Waals surface area contributed by atoms with Crippen LogP contribution in [0.2, 0.25) is 0 Å². The summed E-state index contributed by atoms with van der Waals surface area (Å²) in [6, 6.07) is 0. The van der Waals surface area contributed by atoms with Crippen LogP contribution in [0.5, 0.6) is 0 Å². The predicted octanol–water partition coefficient (Wildman–Crippen LogP) is 2.92. The van der Waals surface area contributed by atoms with Gasteiger partial charge >= 0.3 is 6.18 Å². The Balaban J connectivity index is 4.57. The summed E-state index contributed by atoms with van der Waals surface area (Å²) in [7, 11) is 1.05. The van der Waals surface area contributed by atoms with E-state index in [1.165, 1.54) is 6.08 Å². The van der Waals surface area contributed by atoms with Gasteiger partial charge in [-0.25, -0.2) is 0 Å². The van der Waals surface area contributed by atoms with Crippen LogP contribution in [0.3, 0.4) is 0 Å². The van der Waals surface area contributed by atoms with Crippen molar-refractivity contribution in [1.82, 2.24) is 0 Å². The molecule has 0 saturated carbocycles. The van der Waals surface area contributed by atoms with Gasteiger partial charge in [-0.3, -0.25) is 0 Å². The molecule has 72 valence electrons. The minimum Gasteiger partial charge on any atom is -0.365 e. The Hall–Kier alpha value is -0.510. The normalized spacial score (nSPS) is 18.2. The van der Waals surface area contributed by atoms with Gasteiger partial charge in [0.2, 0.25) is 0 Å². The van der Waals surface area contributed by atoms with Crippen molar-refractivity contribution in [3.63, 3.8) is 0 Å². The number of ether oxygens (including phenoxy) is 1. The minimum atomic E-state index is -4.35. The van der Waals surface area contributed by atoms with Crippen LogP contribution in [-0.2, 0) is 4.74 Å². The van der Waals surface area contributed by atoms with Crippen molar-refractivity contribution in [1.29, 1.82) is 0 Å². The van der Waals surface area contributed by atoms with E-state index in [9.17, 15) is 13.2 Å². The van der Waals surface area contributed by atoms with E-state index in [-0.39, 0.29) is 0 Å². The lowest BCUT2D eigenvalue weighted by Crippen LogP contribution is -2.42. The second-order valence-electron chi connectivity index (χ2n) is 2.62. The van der Waals surface area contributed by atoms with Crippen LogP contribution in [0.1, 0.15) is 20.3 Å². The SMILES string of the molecule is CC/C=C\C(C)(OC)C(F)(F)F. The van der Waals surface area contributed by atoms with E-state index in [1.54, 1.807) is 6.92 Å². The van der Waals surface area contributed by atoms with Crippen LogP contribution in [0.25, 0.3) is 0 Å². The first-order chi connectivity index (χ1) is 5.37. The zero-order valence-electron chi connectivity index (χ0n) is 7.40. The monoisotopic (exact) mass is 182 g/mol. The van der Waals surface area contributed by atoms with Crippen molar-refractivity contribution in [2.24, 2.45) is 0 Å². The molecule has 0 aromatic carbocycles. The van der Waals surface area contributed by atoms with Crippen molar-refractivity contribution >= 4 is 0 Å². The van der Waals surface area contributed by atoms with Gasteiger partial charge in [-0.05, 0) is 19.4 Å². The highest BCUT2D eigenvalue weighted by molar-refractivity contribution is 5.03. The summed E-state index contributed by atoms with van der Waals surface area (Å²) >= 11 is 0. The summed E-state index contributed by atoms with van der Waals surface area (Å²) in [5.41, 5.74) is -2.15. The summed E-state index contributed by atoms with van der Waals surface area (Å²) in [5.74, 6) is 0. The van der Waals surface area contributed by atoms with E-state index in [4.69, 9.17) is 0 Å². The molecule has 0 aliphatic carbocycles. The fourth-order valence-corrected chi connectivity index (χ4v) is 0.621. The topological polar surface area (TPSA) is 9.23 Å². The molecule has 0 rings (SSSR count). The van der Waals surface area contributed by atoms with Crippen LogP contribution in [-0.4, -0.2) is 18.9 Å². The van der Waals surface area contributed by atoms with Gasteiger partial charge in [-0.1, -0.05) is 13.0 Å². The van der Waals surface area contributed by atoms with Gasteiger partial charge < -0.3 is 4.74 Å². The highest BCUT2D eigenvalue weighted by Crippen LogP contribution is 2.33. The van der Waals surface area contributed by atoms with Crippen LogP contribution < -0.4 is 0 Å². The molecule has 12 heavy (non-hydrogen) atoms. The van der Waals surface area contributed by atoms with E-state index in [0.717, 1.165) is 20.1 Å². The molecule has 0 aliphatic heterocycles. The molecule has 1 nitrogen and oxygen atoms in total. The van der Waals surface area contributed by atoms with E-state index >= 15 is 0 Å². The molecule has 0 aromatic heterocycles. The molecule has 0 fully saturated rings. The molecule has 0 N–H and O–H groups in total. The number of hydrogen-bond acceptors (Lipinski definition) is 1. The number of allylic oxidation sites excluding steroid dienone is 1. The molecule has 4 heteroatoms. The maximum atomic E-state index is 12.3. The molecule has 0 bridgehead atoms. The lowest BCUT2D eigenvalue weighted by atomic mass is 10.1. The van der Waals surface area contributed by atoms with Gasteiger partial charge in [-0.2, -0.15) is 13.2 Å². The highest BCUT2D eigenvalue weighted by Gasteiger charge is 2.49. The third kappa shape index (κ3) is 2.52. The average Bonchev–Trinajstić information content (AvgIpc) is 1.98. The van der Waals surface area contributed by atoms with Crippen LogP contribution in [0, 0.1) is 0 Å². The lowest BCUT2D eigenvalue weighted by molar-refractivity contribution is -0.242. The number of halogens is 3. The molecule has 0 saturated heterocycles. The Morgan fingerprint density at radius 1 is 1.33 bits per heavy atom. The fourth-order valence-electron chi connectivity index (χ4n) is 0.621. The van der Waals surface area contributed by atoms with Crippen LogP contribution in [0.4, 0.5) is 13.2 Å². The van der Waals surface area contributed by atoms with Gasteiger partial charge in [0.05, 0.1) is 0 Å². The van der Waals surface area contributed by atoms with Crippen LogP contribution in [0.15, 0.2) is 12.2 Å². The average molecular weight is 182 g/mol. The molecule has 0 aromatic rings. The molecule has 0 heterocycles. The largest absolute Gasteiger partial charge is 0.420 e. The molecule has 0 spiro atoms. The Kier molecular flexibility index (Phi) is 3.77. The van der Waals surface area contributed by atoms with E-state index in [2.05, 4.69) is 4.74 Å². The molecule has 0 radical (unpaired) electrons. The van der Waals surface area contributed by atoms with Crippen LogP contribution >= 0.6 is 0 Å². The number of hydrogen-bond donors (Lipinski definition) is 0. The first-order valence-electron chi connectivity index (χ1n) is 3.67. The van der Waals surface area contributed by atoms with Gasteiger partial charge in [0.25, 0.3) is 0 Å². The zero-order chi connectivity index (χ0) is 9.83. The maximum Gasteiger partial charge on any atom is 0.420 e. The Morgan fingerprint density at radius 3 is 2.08 bits per heavy atom. The Labute approximate surface area is 70.2 Å². The summed E-state index contributed by atoms with van der Waals surface area (Å²) in [6.07, 6.45) is -1.31. The van der Waals surface area contributed by atoms with Crippen molar-refractivity contribution in [2.45, 2.75) is 32.0 Å². The summed E-state index contributed by atoms with van der Waals surface area (Å²) < 4.78 is 41.1. The smallest absolute Gasteiger partial charge is 0.365 e. The standard InChI is InChI=1S/C8H13F3O/c1-4-5-6-7(2,12-3)8(9,10)11/h5-6H,4H2,1-3H3/b6-5-. The third-order valence-electron chi connectivity index (χ3n) is 1.66. The second kappa shape index (κ2) is 3.94. The first kappa shape index (κ1) is 11.5. The van der Waals surface area contributed by atoms with Crippen molar-refractivity contribution in [2.75, 3.05) is 7.11 Å². The van der Waals surface area contributed by atoms with E-state index < -0.39 is 11.8 Å². The Bertz CT molecular complexity index is 162. The highest BCUT2D eigenvalue weighted by atomic mass is 19.4. The second-order valence-corrected chi connectivity index (χ2v) is 2.62. The van der Waals surface area contributed by atoms with Gasteiger partial charge in [0, 0.05) is 7.11 Å². The van der Waals surface area contributed by atoms with Crippen molar-refractivity contribution < 1.29 is 17.9 Å². The fraction of sp³-hybridized carbons (Fsp3) is 0.750. The molecular formula is C8H13F3O. The van der Waals surface area contributed by atoms with Gasteiger partial charge in [-0.15, -0.1) is 0 Å². The number of alkyl halides is 3. The predicted molar refractivity (Wildman–Crippen MR) is 40.9 cm³/mol. The summed E-state index contributed by atoms with van der Waals surface area (Å²) in [6.45, 7) is 2.77. The maximum absolute atomic E-state index is 12.3. The minimum absolute atomic E-state index is 0.565. The lowest BCUT2D eigenvalue weighted by Gasteiger charge is -2.27. The Morgan fingerprint density at radius 2 is 1.83 bits per heavy atom. The molecule has 1 atom stereocenters. The third-order valence-corrected chi connectivity index (χ3v) is 1.66. The summed E-state index contributed by atoms with van der Waals surface area (Å²) in [4.78, 5) is 0. The molecule has 0 amide bonds. The van der Waals surface area contributed by atoms with Gasteiger partial charge in [0.1, 0.15) is 0 Å². The first-order valence-corrected chi connectivity index (χ1v) is 3.67. The van der Waals surface area contributed by atoms with Gasteiger partial charge in [0.15, 0.2) is 5.60 Å². The van der Waals surface area contributed by atoms with E-state index in [0.29, 0.717) is 6.42 Å². The number of methoxy groups -OCH3 is 1. The molecule has 0 aliphatic rings. The van der Waals surface area contributed by atoms with E-state index in [1.807, 2.05) is 0 Å². The molecule has 1 unspecified atom stereocenters. The van der Waals surface area contributed by atoms with Crippen molar-refractivity contribution in [3.8, 4) is 0 Å².